The fraction of sp³-hybridized carbons (Fsp3) is 0.118. The van der Waals surface area contributed by atoms with Gasteiger partial charge in [-0.15, -0.1) is 10.2 Å². The number of amides is 1. The van der Waals surface area contributed by atoms with E-state index in [1.807, 2.05) is 47.7 Å². The number of aryl methyl sites for hydroxylation is 1. The van der Waals surface area contributed by atoms with Crippen LogP contribution in [0.25, 0.3) is 15.2 Å². The highest BCUT2D eigenvalue weighted by Crippen LogP contribution is 2.29. The van der Waals surface area contributed by atoms with Crippen molar-refractivity contribution in [3.8, 4) is 0 Å². The van der Waals surface area contributed by atoms with Crippen LogP contribution in [0.2, 0.25) is 5.02 Å². The monoisotopic (exact) mass is 388 g/mol. The van der Waals surface area contributed by atoms with E-state index in [2.05, 4.69) is 21.6 Å². The van der Waals surface area contributed by atoms with Crippen molar-refractivity contribution in [1.82, 2.24) is 14.6 Å². The van der Waals surface area contributed by atoms with E-state index in [1.54, 1.807) is 11.3 Å². The Hall–Kier alpha value is -2.09. The predicted molar refractivity (Wildman–Crippen MR) is 104 cm³/mol. The third-order valence-corrected chi connectivity index (χ3v) is 5.90. The fourth-order valence-corrected chi connectivity index (χ4v) is 4.54. The first kappa shape index (κ1) is 16.4. The molecule has 126 valence electrons. The average Bonchev–Trinajstić information content (AvgIpc) is 3.15. The van der Waals surface area contributed by atoms with Crippen LogP contribution in [-0.2, 0) is 4.79 Å². The molecule has 0 atom stereocenters. The lowest BCUT2D eigenvalue weighted by atomic mass is 10.2. The predicted octanol–water partition coefficient (Wildman–Crippen LogP) is 4.64. The Kier molecular flexibility index (Phi) is 4.37. The number of hydrogen-bond donors (Lipinski definition) is 1. The average molecular weight is 389 g/mol. The van der Waals surface area contributed by atoms with Crippen LogP contribution in [0.1, 0.15) is 5.56 Å². The van der Waals surface area contributed by atoms with Crippen LogP contribution in [0.5, 0.6) is 0 Å². The molecule has 5 nitrogen and oxygen atoms in total. The summed E-state index contributed by atoms with van der Waals surface area (Å²) in [6.07, 6.45) is 0. The number of nitrogens with one attached hydrogen (secondary N) is 1. The maximum atomic E-state index is 12.2. The lowest BCUT2D eigenvalue weighted by molar-refractivity contribution is -0.113. The molecule has 2 heterocycles. The number of nitrogens with zero attached hydrogens (tertiary/aromatic N) is 3. The van der Waals surface area contributed by atoms with Gasteiger partial charge in [0.2, 0.25) is 10.9 Å². The number of hydrogen-bond acceptors (Lipinski definition) is 5. The van der Waals surface area contributed by atoms with Gasteiger partial charge in [0, 0.05) is 0 Å². The third kappa shape index (κ3) is 3.22. The van der Waals surface area contributed by atoms with Gasteiger partial charge in [0.05, 0.1) is 26.7 Å². The molecule has 0 saturated heterocycles. The van der Waals surface area contributed by atoms with Crippen molar-refractivity contribution >= 4 is 61.5 Å². The minimum absolute atomic E-state index is 0.132. The summed E-state index contributed by atoms with van der Waals surface area (Å²) < 4.78 is 3.13. The summed E-state index contributed by atoms with van der Waals surface area (Å²) in [6, 6.07) is 13.6. The molecule has 0 aliphatic rings. The molecule has 2 aromatic carbocycles. The number of aromatic nitrogens is 3. The van der Waals surface area contributed by atoms with Crippen LogP contribution in [0.4, 0.5) is 5.69 Å². The molecule has 0 saturated carbocycles. The first-order valence-corrected chi connectivity index (χ1v) is 9.71. The molecule has 0 unspecified atom stereocenters. The molecule has 4 rings (SSSR count). The topological polar surface area (TPSA) is 59.3 Å². The molecule has 0 aliphatic carbocycles. The molecule has 1 N–H and O–H groups in total. The van der Waals surface area contributed by atoms with E-state index < -0.39 is 0 Å². The van der Waals surface area contributed by atoms with Gasteiger partial charge in [0.15, 0.2) is 5.16 Å². The molecule has 4 aromatic rings. The SMILES string of the molecule is Cc1ccc(NC(=O)CSc2nnc3sc4ccccc4n23)c(Cl)c1. The van der Waals surface area contributed by atoms with Crippen molar-refractivity contribution in [2.24, 2.45) is 0 Å². The molecule has 25 heavy (non-hydrogen) atoms. The number of fused-ring (bicyclic) bond motifs is 3. The number of thiazole rings is 1. The van der Waals surface area contributed by atoms with E-state index >= 15 is 0 Å². The van der Waals surface area contributed by atoms with Gasteiger partial charge in [-0.2, -0.15) is 0 Å². The molecule has 1 amide bonds. The van der Waals surface area contributed by atoms with E-state index in [1.165, 1.54) is 11.8 Å². The van der Waals surface area contributed by atoms with E-state index in [9.17, 15) is 4.79 Å². The van der Waals surface area contributed by atoms with Crippen molar-refractivity contribution in [1.29, 1.82) is 0 Å². The molecule has 0 radical (unpaired) electrons. The van der Waals surface area contributed by atoms with Crippen LogP contribution in [-0.4, -0.2) is 26.3 Å². The summed E-state index contributed by atoms with van der Waals surface area (Å²) in [5.74, 6) is 0.0989. The van der Waals surface area contributed by atoms with Gasteiger partial charge in [-0.05, 0) is 36.8 Å². The Bertz CT molecular complexity index is 1090. The van der Waals surface area contributed by atoms with Crippen LogP contribution < -0.4 is 5.32 Å². The molecular weight excluding hydrogens is 376 g/mol. The summed E-state index contributed by atoms with van der Waals surface area (Å²) in [7, 11) is 0. The lowest BCUT2D eigenvalue weighted by Crippen LogP contribution is -2.14. The molecular formula is C17H13ClN4OS2. The van der Waals surface area contributed by atoms with E-state index in [-0.39, 0.29) is 11.7 Å². The van der Waals surface area contributed by atoms with E-state index in [4.69, 9.17) is 11.6 Å². The molecule has 0 aliphatic heterocycles. The zero-order chi connectivity index (χ0) is 17.4. The fourth-order valence-electron chi connectivity index (χ4n) is 2.49. The number of thioether (sulfide) groups is 1. The smallest absolute Gasteiger partial charge is 0.234 e. The van der Waals surface area contributed by atoms with Crippen molar-refractivity contribution < 1.29 is 4.79 Å². The van der Waals surface area contributed by atoms with Gasteiger partial charge < -0.3 is 5.32 Å². The number of para-hydroxylation sites is 1. The highest BCUT2D eigenvalue weighted by atomic mass is 35.5. The van der Waals surface area contributed by atoms with Crippen molar-refractivity contribution in [2.75, 3.05) is 11.1 Å². The second-order valence-electron chi connectivity index (χ2n) is 5.49. The van der Waals surface area contributed by atoms with Crippen LogP contribution >= 0.6 is 34.7 Å². The highest BCUT2D eigenvalue weighted by molar-refractivity contribution is 7.99. The van der Waals surface area contributed by atoms with Gasteiger partial charge in [-0.1, -0.05) is 52.9 Å². The quantitative estimate of drug-likeness (QED) is 0.517. The molecule has 0 fully saturated rings. The summed E-state index contributed by atoms with van der Waals surface area (Å²) in [5, 5.41) is 12.5. The van der Waals surface area contributed by atoms with E-state index in [0.29, 0.717) is 15.9 Å². The van der Waals surface area contributed by atoms with Gasteiger partial charge in [0.25, 0.3) is 0 Å². The van der Waals surface area contributed by atoms with Gasteiger partial charge in [0.1, 0.15) is 0 Å². The van der Waals surface area contributed by atoms with Gasteiger partial charge >= 0.3 is 0 Å². The van der Waals surface area contributed by atoms with Crippen LogP contribution in [0, 0.1) is 6.92 Å². The summed E-state index contributed by atoms with van der Waals surface area (Å²) in [4.78, 5) is 13.1. The summed E-state index contributed by atoms with van der Waals surface area (Å²) in [5.41, 5.74) is 2.72. The molecule has 0 spiro atoms. The first-order valence-electron chi connectivity index (χ1n) is 7.53. The summed E-state index contributed by atoms with van der Waals surface area (Å²) >= 11 is 9.09. The zero-order valence-corrected chi connectivity index (χ0v) is 15.6. The lowest BCUT2D eigenvalue weighted by Gasteiger charge is -2.07. The largest absolute Gasteiger partial charge is 0.324 e. The van der Waals surface area contributed by atoms with Gasteiger partial charge in [-0.25, -0.2) is 0 Å². The zero-order valence-electron chi connectivity index (χ0n) is 13.2. The minimum atomic E-state index is -0.132. The Balaban J connectivity index is 1.51. The van der Waals surface area contributed by atoms with Crippen molar-refractivity contribution in [3.63, 3.8) is 0 Å². The molecule has 2 aromatic heterocycles. The van der Waals surface area contributed by atoms with Crippen molar-refractivity contribution in [3.05, 3.63) is 53.1 Å². The Morgan fingerprint density at radius 1 is 1.28 bits per heavy atom. The highest BCUT2D eigenvalue weighted by Gasteiger charge is 2.14. The maximum absolute atomic E-state index is 12.2. The van der Waals surface area contributed by atoms with Crippen LogP contribution in [0.3, 0.4) is 0 Å². The second kappa shape index (κ2) is 6.67. The maximum Gasteiger partial charge on any atom is 0.234 e. The number of anilines is 1. The van der Waals surface area contributed by atoms with E-state index in [0.717, 1.165) is 20.7 Å². The third-order valence-electron chi connectivity index (χ3n) is 3.64. The number of rotatable bonds is 4. The number of halogens is 1. The van der Waals surface area contributed by atoms with Crippen molar-refractivity contribution in [2.45, 2.75) is 12.1 Å². The molecule has 0 bridgehead atoms. The normalized spacial score (nSPS) is 11.3. The summed E-state index contributed by atoms with van der Waals surface area (Å²) in [6.45, 7) is 1.95. The number of carbonyl (C=O) groups is 1. The molecule has 8 heteroatoms. The Morgan fingerprint density at radius 2 is 2.12 bits per heavy atom. The number of carbonyl (C=O) groups excluding carboxylic acids is 1. The van der Waals surface area contributed by atoms with Gasteiger partial charge in [-0.3, -0.25) is 9.20 Å². The second-order valence-corrected chi connectivity index (χ2v) is 7.85. The standard InChI is InChI=1S/C17H13ClN4OS2/c1-10-6-7-12(11(18)8-10)19-15(23)9-24-16-20-21-17-22(16)13-4-2-3-5-14(13)25-17/h2-8H,9H2,1H3,(H,19,23). The Labute approximate surface area is 157 Å². The minimum Gasteiger partial charge on any atom is -0.324 e. The first-order chi connectivity index (χ1) is 12.1. The van der Waals surface area contributed by atoms with Crippen LogP contribution in [0.15, 0.2) is 47.6 Å². The number of benzene rings is 2. The Morgan fingerprint density at radius 3 is 2.96 bits per heavy atom.